The van der Waals surface area contributed by atoms with Crippen LogP contribution in [0, 0.1) is 17.8 Å². The first kappa shape index (κ1) is 36.4. The maximum atomic E-state index is 14.3. The molecule has 2 aromatic carbocycles. The highest BCUT2D eigenvalue weighted by molar-refractivity contribution is 6.35. The fourth-order valence-electron chi connectivity index (χ4n) is 7.38. The van der Waals surface area contributed by atoms with Crippen LogP contribution < -0.4 is 14.8 Å². The molecule has 0 saturated heterocycles. The Labute approximate surface area is 292 Å². The first-order valence-electron chi connectivity index (χ1n) is 16.6. The van der Waals surface area contributed by atoms with Gasteiger partial charge in [-0.3, -0.25) is 9.59 Å². The van der Waals surface area contributed by atoms with Crippen molar-refractivity contribution in [2.45, 2.75) is 83.5 Å². The summed E-state index contributed by atoms with van der Waals surface area (Å²) in [5.74, 6) is 0.281. The molecule has 1 heterocycles. The van der Waals surface area contributed by atoms with Gasteiger partial charge in [-0.05, 0) is 72.1 Å². The summed E-state index contributed by atoms with van der Waals surface area (Å²) in [6, 6.07) is 7.34. The molecule has 7 atom stereocenters. The van der Waals surface area contributed by atoms with E-state index in [1.54, 1.807) is 36.4 Å². The van der Waals surface area contributed by atoms with Gasteiger partial charge < -0.3 is 39.7 Å². The monoisotopic (exact) mass is 704 g/mol. The summed E-state index contributed by atoms with van der Waals surface area (Å²) in [5.41, 5.74) is 1.96. The Balaban J connectivity index is 1.54. The van der Waals surface area contributed by atoms with Crippen LogP contribution >= 0.6 is 23.2 Å². The standard InChI is InChI=1S/C36H46Cl2N2O8/c1-19(2)24-8-5-20(3)11-29(24)47-18-31(43)40(16-22-6-7-23(37)14-27(22)38)28-15-26(36(45)39-9-10-41)32-25-12-21(17-42)13-30(46-4)34(25)48-35(32)33(28)44/h6-7,12-15,19-20,24,28-29,32-33,35,41-42,44H,5,8-11,16-18H2,1-4H3,(H,39,45)/t20-,24+,28+,29-,32-,33-,35-/m0/s1. The van der Waals surface area contributed by atoms with E-state index in [0.717, 1.165) is 19.3 Å². The third kappa shape index (κ3) is 7.64. The van der Waals surface area contributed by atoms with Gasteiger partial charge in [-0.1, -0.05) is 56.5 Å². The van der Waals surface area contributed by atoms with Crippen LogP contribution in [0.5, 0.6) is 11.5 Å². The average molecular weight is 706 g/mol. The lowest BCUT2D eigenvalue weighted by molar-refractivity contribution is -0.148. The molecule has 12 heteroatoms. The lowest BCUT2D eigenvalue weighted by atomic mass is 9.75. The highest BCUT2D eigenvalue weighted by Gasteiger charge is 2.51. The number of aliphatic hydroxyl groups excluding tert-OH is 3. The number of amides is 2. The Morgan fingerprint density at radius 2 is 1.92 bits per heavy atom. The molecule has 2 amide bonds. The molecule has 10 nitrogen and oxygen atoms in total. The molecule has 0 spiro atoms. The molecule has 48 heavy (non-hydrogen) atoms. The number of rotatable bonds is 12. The van der Waals surface area contributed by atoms with Gasteiger partial charge in [0.25, 0.3) is 0 Å². The van der Waals surface area contributed by atoms with Crippen molar-refractivity contribution in [2.75, 3.05) is 26.9 Å². The maximum absolute atomic E-state index is 14.3. The van der Waals surface area contributed by atoms with Gasteiger partial charge >= 0.3 is 0 Å². The third-order valence-corrected chi connectivity index (χ3v) is 10.5. The molecule has 2 aromatic rings. The van der Waals surface area contributed by atoms with E-state index in [4.69, 9.17) is 37.4 Å². The van der Waals surface area contributed by atoms with Crippen molar-refractivity contribution in [1.82, 2.24) is 10.2 Å². The lowest BCUT2D eigenvalue weighted by Crippen LogP contribution is -2.56. The molecule has 5 rings (SSSR count). The zero-order valence-electron chi connectivity index (χ0n) is 27.8. The van der Waals surface area contributed by atoms with E-state index in [1.165, 1.54) is 12.0 Å². The maximum Gasteiger partial charge on any atom is 0.249 e. The summed E-state index contributed by atoms with van der Waals surface area (Å²) in [4.78, 5) is 29.5. The topological polar surface area (TPSA) is 138 Å². The first-order chi connectivity index (χ1) is 23.0. The van der Waals surface area contributed by atoms with Gasteiger partial charge in [-0.2, -0.15) is 0 Å². The minimum Gasteiger partial charge on any atom is -0.493 e. The summed E-state index contributed by atoms with van der Waals surface area (Å²) in [6.45, 7) is 5.78. The van der Waals surface area contributed by atoms with Crippen LogP contribution in [-0.4, -0.2) is 83.3 Å². The summed E-state index contributed by atoms with van der Waals surface area (Å²) >= 11 is 12.8. The van der Waals surface area contributed by atoms with E-state index < -0.39 is 30.1 Å². The zero-order valence-corrected chi connectivity index (χ0v) is 29.3. The smallest absolute Gasteiger partial charge is 0.249 e. The average Bonchev–Trinajstić information content (AvgIpc) is 3.45. The Hall–Kier alpha value is -2.86. The van der Waals surface area contributed by atoms with Crippen LogP contribution in [0.25, 0.3) is 0 Å². The van der Waals surface area contributed by atoms with Crippen molar-refractivity contribution in [3.8, 4) is 11.5 Å². The number of benzene rings is 2. The third-order valence-electron chi connectivity index (χ3n) is 9.91. The van der Waals surface area contributed by atoms with E-state index in [-0.39, 0.29) is 50.5 Å². The highest BCUT2D eigenvalue weighted by Crippen LogP contribution is 2.51. The van der Waals surface area contributed by atoms with E-state index in [1.807, 2.05) is 0 Å². The van der Waals surface area contributed by atoms with E-state index in [2.05, 4.69) is 26.1 Å². The summed E-state index contributed by atoms with van der Waals surface area (Å²) in [5, 5.41) is 35.0. The van der Waals surface area contributed by atoms with Crippen LogP contribution in [0.15, 0.2) is 42.0 Å². The van der Waals surface area contributed by atoms with Crippen LogP contribution in [0.3, 0.4) is 0 Å². The number of methoxy groups -OCH3 is 1. The predicted molar refractivity (Wildman–Crippen MR) is 182 cm³/mol. The summed E-state index contributed by atoms with van der Waals surface area (Å²) < 4.78 is 18.3. The van der Waals surface area contributed by atoms with E-state index in [0.29, 0.717) is 56.0 Å². The fourth-order valence-corrected chi connectivity index (χ4v) is 7.85. The number of aliphatic hydroxyl groups is 3. The Kier molecular flexibility index (Phi) is 12.0. The quantitative estimate of drug-likeness (QED) is 0.251. The number of nitrogens with one attached hydrogen (secondary N) is 1. The molecule has 262 valence electrons. The number of hydrogen-bond donors (Lipinski definition) is 4. The van der Waals surface area contributed by atoms with Crippen LogP contribution in [-0.2, 0) is 27.5 Å². The number of carbonyl (C=O) groups is 2. The van der Waals surface area contributed by atoms with Crippen molar-refractivity contribution in [3.05, 3.63) is 68.7 Å². The van der Waals surface area contributed by atoms with Crippen LogP contribution in [0.4, 0.5) is 0 Å². The number of carbonyl (C=O) groups excluding carboxylic acids is 2. The Morgan fingerprint density at radius 1 is 1.15 bits per heavy atom. The van der Waals surface area contributed by atoms with Crippen LogP contribution in [0.2, 0.25) is 10.0 Å². The van der Waals surface area contributed by atoms with E-state index in [9.17, 15) is 24.9 Å². The van der Waals surface area contributed by atoms with Gasteiger partial charge in [0, 0.05) is 34.3 Å². The van der Waals surface area contributed by atoms with Gasteiger partial charge in [0.1, 0.15) is 18.8 Å². The van der Waals surface area contributed by atoms with E-state index >= 15 is 0 Å². The molecule has 3 aliphatic rings. The number of fused-ring (bicyclic) bond motifs is 3. The summed E-state index contributed by atoms with van der Waals surface area (Å²) in [6.07, 6.45) is 2.25. The van der Waals surface area contributed by atoms with Crippen LogP contribution in [0.1, 0.15) is 62.6 Å². The largest absolute Gasteiger partial charge is 0.493 e. The zero-order chi connectivity index (χ0) is 34.7. The molecule has 1 fully saturated rings. The molecule has 1 saturated carbocycles. The Morgan fingerprint density at radius 3 is 2.58 bits per heavy atom. The molecule has 1 aliphatic heterocycles. The van der Waals surface area contributed by atoms with Crippen molar-refractivity contribution >= 4 is 35.0 Å². The van der Waals surface area contributed by atoms with Gasteiger partial charge in [0.15, 0.2) is 11.5 Å². The molecule has 0 unspecified atom stereocenters. The van der Waals surface area contributed by atoms with Gasteiger partial charge in [-0.15, -0.1) is 0 Å². The second-order valence-corrected chi connectivity index (χ2v) is 14.3. The lowest BCUT2D eigenvalue weighted by Gasteiger charge is -2.41. The molecule has 4 N–H and O–H groups in total. The normalized spacial score (nSPS) is 26.3. The van der Waals surface area contributed by atoms with Crippen molar-refractivity contribution < 1.29 is 39.1 Å². The number of ether oxygens (including phenoxy) is 3. The predicted octanol–water partition coefficient (Wildman–Crippen LogP) is 4.62. The number of hydrogen-bond acceptors (Lipinski definition) is 8. The summed E-state index contributed by atoms with van der Waals surface area (Å²) in [7, 11) is 1.47. The molecular weight excluding hydrogens is 659 g/mol. The van der Waals surface area contributed by atoms with Crippen molar-refractivity contribution in [3.63, 3.8) is 0 Å². The van der Waals surface area contributed by atoms with Crippen molar-refractivity contribution in [1.29, 1.82) is 0 Å². The molecule has 0 aromatic heterocycles. The Bertz CT molecular complexity index is 1520. The number of halogens is 2. The minimum atomic E-state index is -1.28. The fraction of sp³-hybridized carbons (Fsp3) is 0.556. The molecule has 0 radical (unpaired) electrons. The SMILES string of the molecule is COc1cc(CO)cc2c1O[C@@H]1[C@@H](O)[C@H](N(Cc3ccc(Cl)cc3Cl)C(=O)CO[C@H]3C[C@@H](C)CC[C@@H]3C(C)C)C=C(C(=O)NCCO)[C@H]21. The minimum absolute atomic E-state index is 0.00104. The first-order valence-corrected chi connectivity index (χ1v) is 17.3. The van der Waals surface area contributed by atoms with Gasteiger partial charge in [0.05, 0.1) is 38.4 Å². The molecule has 2 aliphatic carbocycles. The highest BCUT2D eigenvalue weighted by atomic mass is 35.5. The number of nitrogens with zero attached hydrogens (tertiary/aromatic N) is 1. The van der Waals surface area contributed by atoms with Gasteiger partial charge in [0.2, 0.25) is 11.8 Å². The second kappa shape index (κ2) is 15.8. The van der Waals surface area contributed by atoms with Crippen molar-refractivity contribution in [2.24, 2.45) is 17.8 Å². The second-order valence-electron chi connectivity index (χ2n) is 13.5. The molecular formula is C36H46Cl2N2O8. The molecule has 0 bridgehead atoms. The van der Waals surface area contributed by atoms with Gasteiger partial charge in [-0.25, -0.2) is 0 Å².